The lowest BCUT2D eigenvalue weighted by Gasteiger charge is -2.31. The number of nitrogens with zero attached hydrogens (tertiary/aromatic N) is 1. The highest BCUT2D eigenvalue weighted by Crippen LogP contribution is 2.70. The van der Waals surface area contributed by atoms with E-state index < -0.39 is 0 Å². The van der Waals surface area contributed by atoms with Crippen molar-refractivity contribution in [3.63, 3.8) is 0 Å². The molecule has 1 amide bonds. The largest absolute Gasteiger partial charge is 0.356 e. The molecule has 118 valence electrons. The van der Waals surface area contributed by atoms with Gasteiger partial charge in [0.25, 0.3) is 0 Å². The highest BCUT2D eigenvalue weighted by molar-refractivity contribution is 5.83. The van der Waals surface area contributed by atoms with E-state index in [2.05, 4.69) is 30.1 Å². The zero-order valence-corrected chi connectivity index (χ0v) is 13.7. The van der Waals surface area contributed by atoms with Crippen molar-refractivity contribution >= 4 is 5.91 Å². The molecule has 1 spiro atoms. The Labute approximate surface area is 129 Å². The fraction of sp³-hybridized carbons (Fsp3) is 0.833. The molecule has 3 nitrogen and oxygen atoms in total. The fourth-order valence-corrected chi connectivity index (χ4v) is 3.75. The van der Waals surface area contributed by atoms with Crippen LogP contribution in [0.4, 0.5) is 0 Å². The summed E-state index contributed by atoms with van der Waals surface area (Å²) < 4.78 is 0. The number of nitrogens with one attached hydrogen (secondary N) is 1. The second-order valence-corrected chi connectivity index (χ2v) is 7.72. The Morgan fingerprint density at radius 3 is 2.57 bits per heavy atom. The van der Waals surface area contributed by atoms with Crippen molar-refractivity contribution in [1.29, 1.82) is 0 Å². The van der Waals surface area contributed by atoms with Crippen LogP contribution in [-0.2, 0) is 4.79 Å². The van der Waals surface area contributed by atoms with E-state index in [4.69, 9.17) is 0 Å². The lowest BCUT2D eigenvalue weighted by molar-refractivity contribution is -0.123. The molecule has 1 saturated heterocycles. The van der Waals surface area contributed by atoms with Crippen LogP contribution in [-0.4, -0.2) is 37.0 Å². The SMILES string of the molecule is CC(C)=CCCN1CCC(CNC(=O)C2CC23CC3)CC1. The van der Waals surface area contributed by atoms with Crippen molar-refractivity contribution in [2.75, 3.05) is 26.2 Å². The Hall–Kier alpha value is -0.830. The Bertz CT molecular complexity index is 413. The average Bonchev–Trinajstić information content (AvgIpc) is 3.38. The number of piperidine rings is 1. The van der Waals surface area contributed by atoms with E-state index in [1.165, 1.54) is 63.7 Å². The van der Waals surface area contributed by atoms with Crippen LogP contribution in [0.2, 0.25) is 0 Å². The van der Waals surface area contributed by atoms with Gasteiger partial charge in [-0.1, -0.05) is 11.6 Å². The van der Waals surface area contributed by atoms with E-state index in [1.54, 1.807) is 0 Å². The van der Waals surface area contributed by atoms with Gasteiger partial charge in [0.2, 0.25) is 5.91 Å². The summed E-state index contributed by atoms with van der Waals surface area (Å²) in [6, 6.07) is 0. The summed E-state index contributed by atoms with van der Waals surface area (Å²) in [4.78, 5) is 14.6. The van der Waals surface area contributed by atoms with Crippen LogP contribution in [0, 0.1) is 17.3 Å². The van der Waals surface area contributed by atoms with Gasteiger partial charge in [-0.2, -0.15) is 0 Å². The molecule has 0 aromatic carbocycles. The van der Waals surface area contributed by atoms with E-state index in [1.807, 2.05) is 0 Å². The van der Waals surface area contributed by atoms with Crippen molar-refractivity contribution < 1.29 is 4.79 Å². The standard InChI is InChI=1S/C18H30N2O/c1-14(2)4-3-9-20-10-5-15(6-11-20)13-19-17(21)16-12-18(16)7-8-18/h4,15-16H,3,5-13H2,1-2H3,(H,19,21). The van der Waals surface area contributed by atoms with E-state index >= 15 is 0 Å². The molecule has 21 heavy (non-hydrogen) atoms. The zero-order valence-electron chi connectivity index (χ0n) is 13.7. The van der Waals surface area contributed by atoms with Gasteiger partial charge in [-0.15, -0.1) is 0 Å². The van der Waals surface area contributed by atoms with Gasteiger partial charge in [0.1, 0.15) is 0 Å². The molecule has 1 heterocycles. The van der Waals surface area contributed by atoms with Gasteiger partial charge in [0.05, 0.1) is 0 Å². The molecule has 1 aliphatic heterocycles. The van der Waals surface area contributed by atoms with Gasteiger partial charge < -0.3 is 10.2 Å². The lowest BCUT2D eigenvalue weighted by Crippen LogP contribution is -2.39. The summed E-state index contributed by atoms with van der Waals surface area (Å²) in [5, 5.41) is 3.22. The summed E-state index contributed by atoms with van der Waals surface area (Å²) in [5.41, 5.74) is 1.92. The van der Waals surface area contributed by atoms with E-state index in [9.17, 15) is 4.79 Å². The number of carbonyl (C=O) groups is 1. The number of hydrogen-bond acceptors (Lipinski definition) is 2. The predicted molar refractivity (Wildman–Crippen MR) is 86.0 cm³/mol. The average molecular weight is 290 g/mol. The minimum atomic E-state index is 0.346. The van der Waals surface area contributed by atoms with Gasteiger partial charge >= 0.3 is 0 Å². The van der Waals surface area contributed by atoms with E-state index in [0.29, 0.717) is 23.2 Å². The number of amides is 1. The van der Waals surface area contributed by atoms with Crippen molar-refractivity contribution in [3.8, 4) is 0 Å². The first kappa shape index (κ1) is 15.1. The molecule has 3 aliphatic rings. The maximum absolute atomic E-state index is 12.0. The number of carbonyl (C=O) groups excluding carboxylic acids is 1. The van der Waals surface area contributed by atoms with Crippen molar-refractivity contribution in [2.24, 2.45) is 17.3 Å². The Balaban J connectivity index is 1.29. The molecule has 2 saturated carbocycles. The first-order valence-corrected chi connectivity index (χ1v) is 8.72. The quantitative estimate of drug-likeness (QED) is 0.763. The molecule has 3 heteroatoms. The molecule has 0 aromatic heterocycles. The molecule has 3 fully saturated rings. The van der Waals surface area contributed by atoms with Crippen LogP contribution in [0.3, 0.4) is 0 Å². The number of rotatable bonds is 6. The molecule has 1 atom stereocenters. The molecule has 0 bridgehead atoms. The van der Waals surface area contributed by atoms with Crippen molar-refractivity contribution in [2.45, 2.75) is 52.4 Å². The minimum absolute atomic E-state index is 0.346. The van der Waals surface area contributed by atoms with Crippen LogP contribution in [0.1, 0.15) is 52.4 Å². The Morgan fingerprint density at radius 1 is 1.29 bits per heavy atom. The summed E-state index contributed by atoms with van der Waals surface area (Å²) >= 11 is 0. The minimum Gasteiger partial charge on any atom is -0.356 e. The van der Waals surface area contributed by atoms with Gasteiger partial charge in [0.15, 0.2) is 0 Å². The summed E-state index contributed by atoms with van der Waals surface area (Å²) in [7, 11) is 0. The van der Waals surface area contributed by atoms with Crippen LogP contribution < -0.4 is 5.32 Å². The molecular formula is C18H30N2O. The van der Waals surface area contributed by atoms with Crippen molar-refractivity contribution in [1.82, 2.24) is 10.2 Å². The van der Waals surface area contributed by atoms with E-state index in [0.717, 1.165) is 6.54 Å². The van der Waals surface area contributed by atoms with Gasteiger partial charge in [-0.05, 0) is 76.8 Å². The maximum atomic E-state index is 12.0. The third kappa shape index (κ3) is 3.88. The van der Waals surface area contributed by atoms with Crippen LogP contribution >= 0.6 is 0 Å². The Morgan fingerprint density at radius 2 is 2.00 bits per heavy atom. The predicted octanol–water partition coefficient (Wildman–Crippen LogP) is 2.97. The first-order chi connectivity index (χ1) is 10.1. The summed E-state index contributed by atoms with van der Waals surface area (Å²) in [6.45, 7) is 8.83. The second kappa shape index (κ2) is 6.12. The maximum Gasteiger partial charge on any atom is 0.223 e. The monoisotopic (exact) mass is 290 g/mol. The van der Waals surface area contributed by atoms with Crippen LogP contribution in [0.15, 0.2) is 11.6 Å². The topological polar surface area (TPSA) is 32.3 Å². The zero-order chi connectivity index (χ0) is 14.9. The Kier molecular flexibility index (Phi) is 4.39. The van der Waals surface area contributed by atoms with Crippen molar-refractivity contribution in [3.05, 3.63) is 11.6 Å². The number of hydrogen-bond donors (Lipinski definition) is 1. The normalized spacial score (nSPS) is 27.4. The smallest absolute Gasteiger partial charge is 0.223 e. The molecule has 2 aliphatic carbocycles. The van der Waals surface area contributed by atoms with Crippen LogP contribution in [0.25, 0.3) is 0 Å². The highest BCUT2D eigenvalue weighted by Gasteiger charge is 2.65. The summed E-state index contributed by atoms with van der Waals surface area (Å²) in [6.07, 6.45) is 9.75. The third-order valence-electron chi connectivity index (χ3n) is 5.67. The molecule has 1 unspecified atom stereocenters. The van der Waals surface area contributed by atoms with Gasteiger partial charge in [-0.3, -0.25) is 4.79 Å². The molecule has 1 N–H and O–H groups in total. The highest BCUT2D eigenvalue weighted by atomic mass is 16.2. The molecule has 3 rings (SSSR count). The molecule has 0 aromatic rings. The van der Waals surface area contributed by atoms with Crippen LogP contribution in [0.5, 0.6) is 0 Å². The number of allylic oxidation sites excluding steroid dienone is 1. The lowest BCUT2D eigenvalue weighted by atomic mass is 9.96. The number of likely N-dealkylation sites (tertiary alicyclic amines) is 1. The molecular weight excluding hydrogens is 260 g/mol. The second-order valence-electron chi connectivity index (χ2n) is 7.72. The van der Waals surface area contributed by atoms with Gasteiger partial charge in [-0.25, -0.2) is 0 Å². The fourth-order valence-electron chi connectivity index (χ4n) is 3.75. The molecule has 0 radical (unpaired) electrons. The van der Waals surface area contributed by atoms with Gasteiger partial charge in [0, 0.05) is 19.0 Å². The third-order valence-corrected chi connectivity index (χ3v) is 5.67. The summed E-state index contributed by atoms with van der Waals surface area (Å²) in [5.74, 6) is 1.42. The first-order valence-electron chi connectivity index (χ1n) is 8.72. The van der Waals surface area contributed by atoms with E-state index in [-0.39, 0.29) is 0 Å².